The van der Waals surface area contributed by atoms with Crippen LogP contribution in [0.3, 0.4) is 0 Å². The molecule has 0 saturated heterocycles. The summed E-state index contributed by atoms with van der Waals surface area (Å²) in [6.07, 6.45) is -0.188. The zero-order valence-corrected chi connectivity index (χ0v) is 7.97. The molecule has 0 saturated carbocycles. The van der Waals surface area contributed by atoms with Crippen molar-refractivity contribution in [3.63, 3.8) is 0 Å². The quantitative estimate of drug-likeness (QED) is 0.331. The number of hydroxylamine groups is 1. The van der Waals surface area contributed by atoms with Gasteiger partial charge in [-0.3, -0.25) is 4.79 Å². The molecule has 0 aliphatic rings. The number of rotatable bonds is 4. The second kappa shape index (κ2) is 5.26. The predicted molar refractivity (Wildman–Crippen MR) is 42.9 cm³/mol. The van der Waals surface area contributed by atoms with Gasteiger partial charge in [0.15, 0.2) is 0 Å². The number of carbonyl (C=O) groups excluding carboxylic acids is 2. The zero-order chi connectivity index (χ0) is 8.85. The van der Waals surface area contributed by atoms with Gasteiger partial charge in [-0.25, -0.2) is 4.79 Å². The Labute approximate surface area is 73.4 Å². The van der Waals surface area contributed by atoms with Crippen LogP contribution in [0.25, 0.3) is 0 Å². The summed E-state index contributed by atoms with van der Waals surface area (Å²) in [6.45, 7) is 3.08. The number of hydrogen-bond donors (Lipinski definition) is 1. The van der Waals surface area contributed by atoms with Crippen LogP contribution in [-0.4, -0.2) is 16.7 Å². The van der Waals surface area contributed by atoms with E-state index in [9.17, 15) is 9.59 Å². The summed E-state index contributed by atoms with van der Waals surface area (Å²) >= 11 is 3.10. The van der Waals surface area contributed by atoms with E-state index < -0.39 is 5.97 Å². The molecule has 0 amide bonds. The van der Waals surface area contributed by atoms with Crippen molar-refractivity contribution in [1.82, 2.24) is 5.48 Å². The molecule has 1 N–H and O–H groups in total. The molecule has 4 nitrogen and oxygen atoms in total. The SMILES string of the molecule is CC(=O)CC(=O)ONC(C)Br. The Bertz CT molecular complexity index is 158. The van der Waals surface area contributed by atoms with Gasteiger partial charge in [0.25, 0.3) is 0 Å². The Hall–Kier alpha value is -0.420. The first-order valence-corrected chi connectivity index (χ1v) is 4.02. The second-order valence-electron chi connectivity index (χ2n) is 2.09. The number of halogens is 1. The highest BCUT2D eigenvalue weighted by molar-refractivity contribution is 9.09. The fraction of sp³-hybridized carbons (Fsp3) is 0.667. The highest BCUT2D eigenvalue weighted by Crippen LogP contribution is 1.92. The largest absolute Gasteiger partial charge is 0.369 e. The molecule has 64 valence electrons. The van der Waals surface area contributed by atoms with Gasteiger partial charge in [0.1, 0.15) is 12.2 Å². The van der Waals surface area contributed by atoms with Gasteiger partial charge in [0, 0.05) is 0 Å². The number of ketones is 1. The molecule has 0 spiro atoms. The molecule has 0 radical (unpaired) electrons. The Morgan fingerprint density at radius 1 is 1.64 bits per heavy atom. The van der Waals surface area contributed by atoms with E-state index in [0.29, 0.717) is 0 Å². The minimum atomic E-state index is -0.566. The highest BCUT2D eigenvalue weighted by atomic mass is 79.9. The average molecular weight is 224 g/mol. The fourth-order valence-corrected chi connectivity index (χ4v) is 0.480. The molecule has 0 heterocycles. The number of alkyl halides is 1. The van der Waals surface area contributed by atoms with Crippen molar-refractivity contribution in [2.75, 3.05) is 0 Å². The molecule has 0 aromatic carbocycles. The third kappa shape index (κ3) is 7.48. The number of carbonyl (C=O) groups is 2. The Morgan fingerprint density at radius 3 is 2.55 bits per heavy atom. The van der Waals surface area contributed by atoms with Gasteiger partial charge >= 0.3 is 5.97 Å². The lowest BCUT2D eigenvalue weighted by atomic mass is 10.3. The number of hydrogen-bond acceptors (Lipinski definition) is 4. The van der Waals surface area contributed by atoms with E-state index in [1.807, 2.05) is 0 Å². The molecule has 0 bridgehead atoms. The van der Waals surface area contributed by atoms with E-state index in [1.165, 1.54) is 6.92 Å². The predicted octanol–water partition coefficient (Wildman–Crippen LogP) is 0.754. The van der Waals surface area contributed by atoms with E-state index in [4.69, 9.17) is 0 Å². The van der Waals surface area contributed by atoms with Crippen molar-refractivity contribution < 1.29 is 14.4 Å². The first-order valence-electron chi connectivity index (χ1n) is 3.11. The van der Waals surface area contributed by atoms with E-state index in [-0.39, 0.29) is 17.2 Å². The summed E-state index contributed by atoms with van der Waals surface area (Å²) in [7, 11) is 0. The Morgan fingerprint density at radius 2 is 2.18 bits per heavy atom. The number of Topliss-reactive ketones (excluding diaryl/α,β-unsaturated/α-hetero) is 1. The van der Waals surface area contributed by atoms with Crippen molar-refractivity contribution in [2.24, 2.45) is 0 Å². The minimum absolute atomic E-state index is 0.113. The van der Waals surface area contributed by atoms with E-state index in [2.05, 4.69) is 26.2 Å². The summed E-state index contributed by atoms with van der Waals surface area (Å²) in [5.41, 5.74) is 2.37. The lowest BCUT2D eigenvalue weighted by Gasteiger charge is -2.05. The van der Waals surface area contributed by atoms with Crippen molar-refractivity contribution in [2.45, 2.75) is 25.2 Å². The van der Waals surface area contributed by atoms with Crippen LogP contribution in [-0.2, 0) is 14.4 Å². The van der Waals surface area contributed by atoms with Crippen LogP contribution in [0, 0.1) is 0 Å². The van der Waals surface area contributed by atoms with Gasteiger partial charge in [-0.2, -0.15) is 0 Å². The molecule has 0 rings (SSSR count). The lowest BCUT2D eigenvalue weighted by molar-refractivity contribution is -0.152. The molecule has 0 aliphatic heterocycles. The summed E-state index contributed by atoms with van der Waals surface area (Å²) in [5.74, 6) is -0.775. The Balaban J connectivity index is 3.46. The van der Waals surface area contributed by atoms with Gasteiger partial charge in [-0.1, -0.05) is 15.9 Å². The van der Waals surface area contributed by atoms with Crippen molar-refractivity contribution >= 4 is 27.7 Å². The van der Waals surface area contributed by atoms with Crippen LogP contribution in [0.1, 0.15) is 20.3 Å². The van der Waals surface area contributed by atoms with Crippen LogP contribution >= 0.6 is 15.9 Å². The van der Waals surface area contributed by atoms with Gasteiger partial charge in [0.05, 0.1) is 4.95 Å². The summed E-state index contributed by atoms with van der Waals surface area (Å²) < 4.78 is 0. The summed E-state index contributed by atoms with van der Waals surface area (Å²) in [6, 6.07) is 0. The standard InChI is InChI=1S/C6H10BrNO3/c1-4(9)3-6(10)11-8-5(2)7/h5,8H,3H2,1-2H3. The van der Waals surface area contributed by atoms with Gasteiger partial charge in [-0.15, -0.1) is 5.48 Å². The van der Waals surface area contributed by atoms with Gasteiger partial charge in [0.2, 0.25) is 0 Å². The first-order chi connectivity index (χ1) is 5.02. The Kier molecular flexibility index (Phi) is 5.06. The van der Waals surface area contributed by atoms with Gasteiger partial charge in [-0.05, 0) is 13.8 Å². The normalized spacial score (nSPS) is 12.3. The molecule has 1 atom stereocenters. The highest BCUT2D eigenvalue weighted by Gasteiger charge is 2.06. The maximum Gasteiger partial charge on any atom is 0.332 e. The van der Waals surface area contributed by atoms with Crippen molar-refractivity contribution in [3.8, 4) is 0 Å². The van der Waals surface area contributed by atoms with Crippen LogP contribution in [0.4, 0.5) is 0 Å². The summed E-state index contributed by atoms with van der Waals surface area (Å²) in [5, 5.41) is 0. The topological polar surface area (TPSA) is 55.4 Å². The fourth-order valence-electron chi connectivity index (χ4n) is 0.386. The second-order valence-corrected chi connectivity index (χ2v) is 3.46. The maximum atomic E-state index is 10.6. The monoisotopic (exact) mass is 223 g/mol. The third-order valence-electron chi connectivity index (χ3n) is 0.728. The average Bonchev–Trinajstić information content (AvgIpc) is 1.82. The van der Waals surface area contributed by atoms with Crippen molar-refractivity contribution in [3.05, 3.63) is 0 Å². The minimum Gasteiger partial charge on any atom is -0.369 e. The maximum absolute atomic E-state index is 10.6. The molecule has 0 aliphatic carbocycles. The molecular formula is C6H10BrNO3. The van der Waals surface area contributed by atoms with E-state index >= 15 is 0 Å². The molecule has 0 aromatic heterocycles. The molecule has 0 fully saturated rings. The molecule has 5 heteroatoms. The molecular weight excluding hydrogens is 214 g/mol. The van der Waals surface area contributed by atoms with E-state index in [1.54, 1.807) is 6.92 Å². The molecule has 1 unspecified atom stereocenters. The van der Waals surface area contributed by atoms with Crippen LogP contribution < -0.4 is 5.48 Å². The molecule has 0 aromatic rings. The van der Waals surface area contributed by atoms with Crippen LogP contribution in [0.2, 0.25) is 0 Å². The smallest absolute Gasteiger partial charge is 0.332 e. The van der Waals surface area contributed by atoms with Gasteiger partial charge < -0.3 is 4.84 Å². The third-order valence-corrected chi connectivity index (χ3v) is 0.915. The first kappa shape index (κ1) is 10.6. The lowest BCUT2D eigenvalue weighted by Crippen LogP contribution is -2.25. The summed E-state index contributed by atoms with van der Waals surface area (Å²) in [4.78, 5) is 25.3. The zero-order valence-electron chi connectivity index (χ0n) is 6.39. The van der Waals surface area contributed by atoms with Crippen LogP contribution in [0.5, 0.6) is 0 Å². The van der Waals surface area contributed by atoms with E-state index in [0.717, 1.165) is 0 Å². The van der Waals surface area contributed by atoms with Crippen molar-refractivity contribution in [1.29, 1.82) is 0 Å². The molecule has 11 heavy (non-hydrogen) atoms. The number of nitrogens with one attached hydrogen (secondary N) is 1. The van der Waals surface area contributed by atoms with Crippen LogP contribution in [0.15, 0.2) is 0 Å².